The van der Waals surface area contributed by atoms with E-state index in [2.05, 4.69) is 10.1 Å². The number of hydrogen-bond donors (Lipinski definition) is 5. The number of aliphatic hydroxyl groups is 3. The van der Waals surface area contributed by atoms with Crippen molar-refractivity contribution in [3.8, 4) is 0 Å². The molecule has 1 aliphatic carbocycles. The molecule has 1 aromatic heterocycles. The van der Waals surface area contributed by atoms with Gasteiger partial charge in [0.2, 0.25) is 0 Å². The first-order valence-corrected chi connectivity index (χ1v) is 15.2. The molecule has 4 rings (SSSR count). The van der Waals surface area contributed by atoms with Crippen LogP contribution in [0.1, 0.15) is 32.4 Å². The van der Waals surface area contributed by atoms with Crippen LogP contribution in [0.4, 0.5) is 5.82 Å². The first-order valence-electron chi connectivity index (χ1n) is 12.7. The Balaban J connectivity index is 1.40. The molecular weight excluding hydrogens is 563 g/mol. The van der Waals surface area contributed by atoms with Crippen molar-refractivity contribution in [3.05, 3.63) is 58.6 Å². The van der Waals surface area contributed by atoms with Crippen molar-refractivity contribution in [1.29, 1.82) is 0 Å². The number of nitrogen functional groups attached to an aromatic ring is 1. The first kappa shape index (κ1) is 30.8. The Bertz CT molecular complexity index is 1330. The molecule has 2 fully saturated rings. The smallest absolute Gasteiger partial charge is 0.395 e. The lowest BCUT2D eigenvalue weighted by atomic mass is 9.97. The van der Waals surface area contributed by atoms with E-state index in [1.54, 1.807) is 20.8 Å². The summed E-state index contributed by atoms with van der Waals surface area (Å²) >= 11 is 0.945. The Morgan fingerprint density at radius 1 is 1.30 bits per heavy atom. The van der Waals surface area contributed by atoms with Gasteiger partial charge in [0, 0.05) is 18.5 Å². The number of aliphatic hydroxyl groups excluding tert-OH is 2. The van der Waals surface area contributed by atoms with E-state index in [1.165, 1.54) is 12.3 Å². The van der Waals surface area contributed by atoms with Gasteiger partial charge in [0.05, 0.1) is 25.2 Å². The van der Waals surface area contributed by atoms with Crippen molar-refractivity contribution < 1.29 is 38.5 Å². The Morgan fingerprint density at radius 3 is 2.60 bits per heavy atom. The zero-order valence-corrected chi connectivity index (χ0v) is 24.1. The first-order chi connectivity index (χ1) is 18.8. The van der Waals surface area contributed by atoms with Gasteiger partial charge in [-0.25, -0.2) is 14.4 Å². The molecule has 220 valence electrons. The lowest BCUT2D eigenvalue weighted by Crippen LogP contribution is -2.41. The molecule has 1 aromatic carbocycles. The topological polar surface area (TPSA) is 195 Å². The molecule has 0 radical (unpaired) electrons. The minimum Gasteiger partial charge on any atom is -0.395 e. The van der Waals surface area contributed by atoms with Gasteiger partial charge in [0.25, 0.3) is 0 Å². The largest absolute Gasteiger partial charge is 0.405 e. The number of carbonyl (C=O) groups excluding carboxylic acids is 1. The molecule has 13 nitrogen and oxygen atoms in total. The highest BCUT2D eigenvalue weighted by molar-refractivity contribution is 8.13. The second kappa shape index (κ2) is 11.6. The maximum Gasteiger partial charge on any atom is 0.405 e. The van der Waals surface area contributed by atoms with Gasteiger partial charge in [-0.3, -0.25) is 18.4 Å². The summed E-state index contributed by atoms with van der Waals surface area (Å²) in [6.45, 7) is 4.12. The van der Waals surface area contributed by atoms with Gasteiger partial charge in [-0.1, -0.05) is 42.1 Å². The predicted octanol–water partition coefficient (Wildman–Crippen LogP) is 0.839. The summed E-state index contributed by atoms with van der Waals surface area (Å²) in [5.41, 5.74) is 1.60. The van der Waals surface area contributed by atoms with E-state index in [0.717, 1.165) is 21.9 Å². The second-order valence-corrected chi connectivity index (χ2v) is 13.5. The molecular formula is C25H35N4O9PS. The van der Waals surface area contributed by atoms with E-state index >= 15 is 0 Å². The third-order valence-corrected chi connectivity index (χ3v) is 9.98. The van der Waals surface area contributed by atoms with Crippen molar-refractivity contribution in [1.82, 2.24) is 14.6 Å². The second-order valence-electron chi connectivity index (χ2n) is 10.6. The number of nitrogens with one attached hydrogen (secondary N) is 1. The minimum absolute atomic E-state index is 0.0237. The quantitative estimate of drug-likeness (QED) is 0.161. The van der Waals surface area contributed by atoms with Crippen LogP contribution in [0.3, 0.4) is 0 Å². The monoisotopic (exact) mass is 598 g/mol. The Hall–Kier alpha value is -2.13. The van der Waals surface area contributed by atoms with E-state index in [0.29, 0.717) is 0 Å². The van der Waals surface area contributed by atoms with E-state index in [-0.39, 0.29) is 36.4 Å². The van der Waals surface area contributed by atoms with E-state index in [4.69, 9.17) is 19.5 Å². The molecule has 15 heteroatoms. The molecule has 0 spiro atoms. The molecule has 1 saturated carbocycles. The highest BCUT2D eigenvalue weighted by Crippen LogP contribution is 2.67. The normalized spacial score (nSPS) is 29.1. The van der Waals surface area contributed by atoms with Crippen LogP contribution in [-0.4, -0.2) is 79.0 Å². The molecule has 1 saturated heterocycles. The van der Waals surface area contributed by atoms with Gasteiger partial charge in [0.1, 0.15) is 35.3 Å². The molecule has 2 aliphatic rings. The molecule has 4 unspecified atom stereocenters. The average molecular weight is 599 g/mol. The zero-order chi connectivity index (χ0) is 29.3. The lowest BCUT2D eigenvalue weighted by molar-refractivity contribution is -0.119. The summed E-state index contributed by atoms with van der Waals surface area (Å²) in [6.07, 6.45) is -1.19. The zero-order valence-electron chi connectivity index (χ0n) is 22.4. The third-order valence-electron chi connectivity index (χ3n) is 7.23. The summed E-state index contributed by atoms with van der Waals surface area (Å²) in [5, 5.41) is 34.1. The fraction of sp³-hybridized carbons (Fsp3) is 0.560. The van der Waals surface area contributed by atoms with Gasteiger partial charge < -0.3 is 25.8 Å². The number of hydrogen-bond acceptors (Lipinski definition) is 12. The molecule has 0 bridgehead atoms. The van der Waals surface area contributed by atoms with Crippen LogP contribution in [0.15, 0.2) is 47.4 Å². The number of rotatable bonds is 13. The van der Waals surface area contributed by atoms with Gasteiger partial charge in [-0.15, -0.1) is 0 Å². The summed E-state index contributed by atoms with van der Waals surface area (Å²) in [7, 11) is -3.98. The average Bonchev–Trinajstić information content (AvgIpc) is 3.33. The van der Waals surface area contributed by atoms with E-state index in [1.807, 2.05) is 30.3 Å². The van der Waals surface area contributed by atoms with Crippen molar-refractivity contribution in [2.75, 3.05) is 31.3 Å². The number of fused-ring (bicyclic) bond motifs is 1. The number of benzene rings is 1. The molecule has 2 heterocycles. The van der Waals surface area contributed by atoms with Crippen LogP contribution in [0, 0.1) is 5.41 Å². The van der Waals surface area contributed by atoms with Gasteiger partial charge in [-0.05, 0) is 32.4 Å². The lowest BCUT2D eigenvalue weighted by Gasteiger charge is -2.26. The number of aromatic nitrogens is 2. The fourth-order valence-electron chi connectivity index (χ4n) is 4.72. The van der Waals surface area contributed by atoms with Crippen LogP contribution in [0.25, 0.3) is 0 Å². The van der Waals surface area contributed by atoms with Crippen LogP contribution >= 0.6 is 19.5 Å². The number of ether oxygens (including phenoxy) is 1. The standard InChI is InChI=1S/C25H35N4O9PS/c1-23(2,15-30)21(32)40-12-11-36-39(35,27-13-16-7-5-4-6-8-16)37-14-17-19(31)25(34)20(24(25,3)38-17)29-10-9-18(26)28-22(29)33/h4-10,17,19-20,30-31,34H,11-15H2,1-3H3,(H,27,35)(H2,26,28,33)/t17-,19?,20-,24?,25?,39?/m1/s1. The van der Waals surface area contributed by atoms with E-state index < -0.39 is 54.9 Å². The van der Waals surface area contributed by atoms with E-state index in [9.17, 15) is 29.5 Å². The maximum absolute atomic E-state index is 13.6. The number of nitrogens with zero attached hydrogens (tertiary/aromatic N) is 2. The molecule has 1 aliphatic heterocycles. The van der Waals surface area contributed by atoms with Crippen molar-refractivity contribution in [2.45, 2.75) is 56.8 Å². The number of thioether (sulfide) groups is 1. The summed E-state index contributed by atoms with van der Waals surface area (Å²) in [5.74, 6) is 0.185. The predicted molar refractivity (Wildman–Crippen MR) is 147 cm³/mol. The van der Waals surface area contributed by atoms with Gasteiger partial charge >= 0.3 is 13.4 Å². The number of carbonyl (C=O) groups is 1. The summed E-state index contributed by atoms with van der Waals surface area (Å²) in [4.78, 5) is 28.2. The minimum atomic E-state index is -3.98. The highest BCUT2D eigenvalue weighted by Gasteiger charge is 2.85. The van der Waals surface area contributed by atoms with Crippen molar-refractivity contribution in [2.24, 2.45) is 5.41 Å². The van der Waals surface area contributed by atoms with Crippen molar-refractivity contribution in [3.63, 3.8) is 0 Å². The molecule has 6 atom stereocenters. The Kier molecular flexibility index (Phi) is 8.96. The summed E-state index contributed by atoms with van der Waals surface area (Å²) < 4.78 is 31.9. The van der Waals surface area contributed by atoms with Crippen LogP contribution in [0.2, 0.25) is 0 Å². The molecule has 40 heavy (non-hydrogen) atoms. The number of anilines is 1. The molecule has 6 N–H and O–H groups in total. The summed E-state index contributed by atoms with van der Waals surface area (Å²) in [6, 6.07) is 9.62. The Morgan fingerprint density at radius 2 is 2.00 bits per heavy atom. The highest BCUT2D eigenvalue weighted by atomic mass is 32.2. The number of nitrogens with two attached hydrogens (primary N) is 1. The van der Waals surface area contributed by atoms with Crippen LogP contribution < -0.4 is 16.5 Å². The van der Waals surface area contributed by atoms with Crippen LogP contribution in [0.5, 0.6) is 0 Å². The van der Waals surface area contributed by atoms with Crippen LogP contribution in [-0.2, 0) is 29.7 Å². The van der Waals surface area contributed by atoms with Gasteiger partial charge in [-0.2, -0.15) is 4.98 Å². The van der Waals surface area contributed by atoms with Crippen molar-refractivity contribution >= 4 is 30.4 Å². The SMILES string of the molecule is CC(C)(CO)C(=O)SCCOP(=O)(NCc1ccccc1)OC[C@H]1OC2(C)[C@@H](n3ccc(N)nc3=O)C2(O)C1O. The molecule has 0 amide bonds. The van der Waals surface area contributed by atoms with Gasteiger partial charge in [0.15, 0.2) is 5.12 Å². The Labute approximate surface area is 235 Å². The molecule has 2 aromatic rings. The maximum atomic E-state index is 13.6. The fourth-order valence-corrected chi connectivity index (χ4v) is 6.95. The third kappa shape index (κ3) is 5.91.